The quantitative estimate of drug-likeness (QED) is 0.653. The molecule has 0 saturated carbocycles. The molecule has 0 bridgehead atoms. The molecule has 0 spiro atoms. The molecule has 0 aliphatic carbocycles. The van der Waals surface area contributed by atoms with Gasteiger partial charge in [0, 0.05) is 38.4 Å². The number of aryl methyl sites for hydroxylation is 1. The number of benzene rings is 1. The molecule has 1 aliphatic heterocycles. The van der Waals surface area contributed by atoms with E-state index in [1.165, 1.54) is 0 Å². The van der Waals surface area contributed by atoms with Gasteiger partial charge in [0.2, 0.25) is 11.8 Å². The molecule has 2 amide bonds. The lowest BCUT2D eigenvalue weighted by Crippen LogP contribution is -2.50. The fourth-order valence-electron chi connectivity index (χ4n) is 3.33. The summed E-state index contributed by atoms with van der Waals surface area (Å²) in [5.74, 6) is 1.63. The Morgan fingerprint density at radius 1 is 1.10 bits per heavy atom. The molecule has 9 nitrogen and oxygen atoms in total. The zero-order valence-electron chi connectivity index (χ0n) is 17.2. The van der Waals surface area contributed by atoms with Crippen molar-refractivity contribution in [1.29, 1.82) is 0 Å². The summed E-state index contributed by atoms with van der Waals surface area (Å²) in [7, 11) is 0. The smallest absolute Gasteiger partial charge is 0.259 e. The van der Waals surface area contributed by atoms with Gasteiger partial charge in [0.15, 0.2) is 5.82 Å². The highest BCUT2D eigenvalue weighted by molar-refractivity contribution is 5.96. The summed E-state index contributed by atoms with van der Waals surface area (Å²) in [6.07, 6.45) is 1.60. The Morgan fingerprint density at radius 2 is 1.87 bits per heavy atom. The molecule has 3 heterocycles. The van der Waals surface area contributed by atoms with Crippen LogP contribution >= 0.6 is 0 Å². The molecule has 1 saturated heterocycles. The SMILES string of the molecule is Cc1cc(NC(=O)CN2CCN(C(=O)c3cccnc3Oc3ccccc3)CC2)no1. The molecule has 0 radical (unpaired) electrons. The summed E-state index contributed by atoms with van der Waals surface area (Å²) in [4.78, 5) is 33.3. The van der Waals surface area contributed by atoms with Crippen LogP contribution in [0.2, 0.25) is 0 Å². The Hall–Kier alpha value is -3.72. The summed E-state index contributed by atoms with van der Waals surface area (Å²) >= 11 is 0. The minimum Gasteiger partial charge on any atom is -0.438 e. The lowest BCUT2D eigenvalue weighted by atomic mass is 10.2. The van der Waals surface area contributed by atoms with Crippen molar-refractivity contribution in [2.75, 3.05) is 38.0 Å². The molecular formula is C22H23N5O4. The summed E-state index contributed by atoms with van der Waals surface area (Å²) in [6.45, 7) is 4.18. The van der Waals surface area contributed by atoms with Gasteiger partial charge in [-0.2, -0.15) is 0 Å². The zero-order chi connectivity index (χ0) is 21.6. The van der Waals surface area contributed by atoms with Crippen molar-refractivity contribution < 1.29 is 18.8 Å². The van der Waals surface area contributed by atoms with Crippen LogP contribution in [0.1, 0.15) is 16.1 Å². The maximum atomic E-state index is 13.1. The number of rotatable bonds is 6. The first-order valence-electron chi connectivity index (χ1n) is 10.0. The van der Waals surface area contributed by atoms with Crippen LogP contribution in [0.5, 0.6) is 11.6 Å². The number of para-hydroxylation sites is 1. The Labute approximate surface area is 179 Å². The van der Waals surface area contributed by atoms with E-state index in [0.29, 0.717) is 49.1 Å². The van der Waals surface area contributed by atoms with Gasteiger partial charge >= 0.3 is 0 Å². The highest BCUT2D eigenvalue weighted by Gasteiger charge is 2.26. The van der Waals surface area contributed by atoms with E-state index in [4.69, 9.17) is 9.26 Å². The molecular weight excluding hydrogens is 398 g/mol. The number of aromatic nitrogens is 2. The van der Waals surface area contributed by atoms with E-state index in [1.54, 1.807) is 36.2 Å². The predicted octanol–water partition coefficient (Wildman–Crippen LogP) is 2.57. The highest BCUT2D eigenvalue weighted by Crippen LogP contribution is 2.24. The van der Waals surface area contributed by atoms with Crippen molar-refractivity contribution in [3.05, 3.63) is 66.1 Å². The first-order valence-corrected chi connectivity index (χ1v) is 10.0. The van der Waals surface area contributed by atoms with E-state index in [2.05, 4.69) is 15.5 Å². The Bertz CT molecular complexity index is 1040. The molecule has 31 heavy (non-hydrogen) atoms. The van der Waals surface area contributed by atoms with Gasteiger partial charge in [0.1, 0.15) is 17.1 Å². The number of carbonyl (C=O) groups excluding carboxylic acids is 2. The summed E-state index contributed by atoms with van der Waals surface area (Å²) in [5.41, 5.74) is 0.416. The molecule has 0 atom stereocenters. The Morgan fingerprint density at radius 3 is 2.58 bits per heavy atom. The number of piperazine rings is 1. The summed E-state index contributed by atoms with van der Waals surface area (Å²) < 4.78 is 10.8. The summed E-state index contributed by atoms with van der Waals surface area (Å²) in [5, 5.41) is 6.47. The molecule has 3 aromatic rings. The van der Waals surface area contributed by atoms with Gasteiger partial charge in [-0.15, -0.1) is 0 Å². The van der Waals surface area contributed by atoms with E-state index in [0.717, 1.165) is 0 Å². The Balaban J connectivity index is 1.33. The number of hydrogen-bond donors (Lipinski definition) is 1. The molecule has 1 N–H and O–H groups in total. The van der Waals surface area contributed by atoms with Gasteiger partial charge < -0.3 is 19.5 Å². The number of hydrogen-bond acceptors (Lipinski definition) is 7. The molecule has 4 rings (SSSR count). The van der Waals surface area contributed by atoms with Crippen molar-refractivity contribution in [2.45, 2.75) is 6.92 Å². The van der Waals surface area contributed by atoms with Crippen LogP contribution in [0.3, 0.4) is 0 Å². The van der Waals surface area contributed by atoms with Crippen molar-refractivity contribution >= 4 is 17.6 Å². The fourth-order valence-corrected chi connectivity index (χ4v) is 3.33. The van der Waals surface area contributed by atoms with Crippen LogP contribution < -0.4 is 10.1 Å². The molecule has 0 unspecified atom stereocenters. The van der Waals surface area contributed by atoms with E-state index in [-0.39, 0.29) is 24.2 Å². The van der Waals surface area contributed by atoms with Crippen LogP contribution in [-0.4, -0.2) is 64.5 Å². The van der Waals surface area contributed by atoms with Crippen molar-refractivity contribution in [3.8, 4) is 11.6 Å². The van der Waals surface area contributed by atoms with Crippen LogP contribution in [-0.2, 0) is 4.79 Å². The second-order valence-electron chi connectivity index (χ2n) is 7.21. The maximum absolute atomic E-state index is 13.1. The average molecular weight is 421 g/mol. The van der Waals surface area contributed by atoms with Crippen LogP contribution in [0.15, 0.2) is 59.3 Å². The van der Waals surface area contributed by atoms with E-state index in [1.807, 2.05) is 35.2 Å². The molecule has 2 aromatic heterocycles. The molecule has 1 fully saturated rings. The fraction of sp³-hybridized carbons (Fsp3) is 0.273. The van der Waals surface area contributed by atoms with E-state index in [9.17, 15) is 9.59 Å². The predicted molar refractivity (Wildman–Crippen MR) is 113 cm³/mol. The van der Waals surface area contributed by atoms with Gasteiger partial charge in [0.25, 0.3) is 5.91 Å². The lowest BCUT2D eigenvalue weighted by molar-refractivity contribution is -0.117. The minimum atomic E-state index is -0.168. The molecule has 1 aromatic carbocycles. The van der Waals surface area contributed by atoms with E-state index >= 15 is 0 Å². The number of anilines is 1. The maximum Gasteiger partial charge on any atom is 0.259 e. The summed E-state index contributed by atoms with van der Waals surface area (Å²) in [6, 6.07) is 14.3. The van der Waals surface area contributed by atoms with Crippen LogP contribution in [0, 0.1) is 6.92 Å². The number of nitrogens with one attached hydrogen (secondary N) is 1. The number of ether oxygens (including phenoxy) is 1. The highest BCUT2D eigenvalue weighted by atomic mass is 16.5. The van der Waals surface area contributed by atoms with Gasteiger partial charge in [0.05, 0.1) is 6.54 Å². The van der Waals surface area contributed by atoms with Gasteiger partial charge in [-0.25, -0.2) is 4.98 Å². The van der Waals surface area contributed by atoms with Crippen LogP contribution in [0.4, 0.5) is 5.82 Å². The normalized spacial score (nSPS) is 14.3. The largest absolute Gasteiger partial charge is 0.438 e. The minimum absolute atomic E-state index is 0.138. The number of carbonyl (C=O) groups is 2. The van der Waals surface area contributed by atoms with E-state index < -0.39 is 0 Å². The van der Waals surface area contributed by atoms with Gasteiger partial charge in [-0.05, 0) is 31.2 Å². The topological polar surface area (TPSA) is 101 Å². The molecule has 160 valence electrons. The second-order valence-corrected chi connectivity index (χ2v) is 7.21. The zero-order valence-corrected chi connectivity index (χ0v) is 17.2. The third-order valence-corrected chi connectivity index (χ3v) is 4.88. The van der Waals surface area contributed by atoms with Crippen molar-refractivity contribution in [2.24, 2.45) is 0 Å². The number of amides is 2. The van der Waals surface area contributed by atoms with Crippen molar-refractivity contribution in [1.82, 2.24) is 19.9 Å². The lowest BCUT2D eigenvalue weighted by Gasteiger charge is -2.34. The van der Waals surface area contributed by atoms with Crippen LogP contribution in [0.25, 0.3) is 0 Å². The average Bonchev–Trinajstić information content (AvgIpc) is 3.19. The third kappa shape index (κ3) is 5.26. The first kappa shape index (κ1) is 20.5. The van der Waals surface area contributed by atoms with Crippen molar-refractivity contribution in [3.63, 3.8) is 0 Å². The monoisotopic (exact) mass is 421 g/mol. The molecule has 9 heteroatoms. The van der Waals surface area contributed by atoms with Gasteiger partial charge in [-0.3, -0.25) is 14.5 Å². The standard InChI is InChI=1S/C22H23N5O4/c1-16-14-19(25-31-16)24-20(28)15-26-10-12-27(13-11-26)22(29)18-8-5-9-23-21(18)30-17-6-3-2-4-7-17/h2-9,14H,10-13,15H2,1H3,(H,24,25,28). The van der Waals surface area contributed by atoms with Gasteiger partial charge in [-0.1, -0.05) is 23.4 Å². The first-order chi connectivity index (χ1) is 15.1. The number of nitrogens with zero attached hydrogens (tertiary/aromatic N) is 4. The molecule has 1 aliphatic rings. The number of pyridine rings is 1. The second kappa shape index (κ2) is 9.40. The third-order valence-electron chi connectivity index (χ3n) is 4.88. The Kier molecular flexibility index (Phi) is 6.23.